The van der Waals surface area contributed by atoms with Crippen LogP contribution >= 0.6 is 0 Å². The molecule has 3 rings (SSSR count). The lowest BCUT2D eigenvalue weighted by Gasteiger charge is -2.10. The summed E-state index contributed by atoms with van der Waals surface area (Å²) in [5, 5.41) is 0. The number of hydrogen-bond acceptors (Lipinski definition) is 0. The van der Waals surface area contributed by atoms with Crippen LogP contribution in [0.5, 0.6) is 0 Å². The lowest BCUT2D eigenvalue weighted by atomic mass is 10.1. The van der Waals surface area contributed by atoms with Crippen molar-refractivity contribution >= 4 is 11.4 Å². The van der Waals surface area contributed by atoms with Crippen LogP contribution in [0.25, 0.3) is 16.9 Å². The van der Waals surface area contributed by atoms with Gasteiger partial charge >= 0.3 is 0 Å². The minimum absolute atomic E-state index is 0.826. The van der Waals surface area contributed by atoms with Gasteiger partial charge in [-0.2, -0.15) is 0 Å². The third-order valence-corrected chi connectivity index (χ3v) is 4.12. The highest BCUT2D eigenvalue weighted by atomic mass is 15.2. The van der Waals surface area contributed by atoms with Gasteiger partial charge in [0.1, 0.15) is 0 Å². The molecule has 1 heterocycles. The summed E-state index contributed by atoms with van der Waals surface area (Å²) in [6.45, 7) is 4.28. The van der Waals surface area contributed by atoms with Gasteiger partial charge in [-0.05, 0) is 48.2 Å². The number of rotatable bonds is 4. The number of nitrogens with zero attached hydrogens (tertiary/aromatic N) is 2. The molecule has 0 aromatic heterocycles. The Morgan fingerprint density at radius 2 is 1.23 bits per heavy atom. The van der Waals surface area contributed by atoms with E-state index in [-0.39, 0.29) is 0 Å². The maximum Gasteiger partial charge on any atom is 0.207 e. The first-order chi connectivity index (χ1) is 10.7. The smallest absolute Gasteiger partial charge is 0.207 e. The summed E-state index contributed by atoms with van der Waals surface area (Å²) in [5.41, 5.74) is 16.9. The van der Waals surface area contributed by atoms with E-state index < -0.39 is 0 Å². The van der Waals surface area contributed by atoms with Gasteiger partial charge in [0.05, 0.1) is 0 Å². The maximum atomic E-state index is 10.6. The van der Waals surface area contributed by atoms with Gasteiger partial charge in [-0.15, -0.1) is 0 Å². The highest BCUT2D eigenvalue weighted by Crippen LogP contribution is 2.31. The van der Waals surface area contributed by atoms with Crippen LogP contribution in [0.15, 0.2) is 60.7 Å². The molecule has 2 aromatic rings. The van der Waals surface area contributed by atoms with E-state index >= 15 is 0 Å². The summed E-state index contributed by atoms with van der Waals surface area (Å²) in [4.78, 5) is 0. The van der Waals surface area contributed by atoms with Crippen LogP contribution in [0.4, 0.5) is 0 Å². The second-order valence-electron chi connectivity index (χ2n) is 5.52. The molecule has 22 heavy (non-hydrogen) atoms. The third-order valence-electron chi connectivity index (χ3n) is 4.12. The van der Waals surface area contributed by atoms with E-state index in [1.165, 1.54) is 15.8 Å². The van der Waals surface area contributed by atoms with Crippen molar-refractivity contribution < 1.29 is 4.70 Å². The molecule has 1 aliphatic heterocycles. The van der Waals surface area contributed by atoms with E-state index in [0.717, 1.165) is 35.4 Å². The zero-order valence-corrected chi connectivity index (χ0v) is 13.1. The summed E-state index contributed by atoms with van der Waals surface area (Å²) >= 11 is 0. The minimum atomic E-state index is 0.826. The van der Waals surface area contributed by atoms with Crippen molar-refractivity contribution in [1.82, 2.24) is 0 Å². The Balaban J connectivity index is 1.90. The van der Waals surface area contributed by atoms with Crippen LogP contribution in [0.2, 0.25) is 0 Å². The molecule has 0 N–H and O–H groups in total. The maximum absolute atomic E-state index is 10.6. The van der Waals surface area contributed by atoms with Gasteiger partial charge in [0.2, 0.25) is 11.4 Å². The topological polar surface area (TPSA) is 25.3 Å². The van der Waals surface area contributed by atoms with Crippen molar-refractivity contribution in [3.8, 4) is 0 Å². The third kappa shape index (κ3) is 2.64. The zero-order valence-electron chi connectivity index (χ0n) is 13.1. The van der Waals surface area contributed by atoms with Gasteiger partial charge in [-0.25, -0.2) is 4.70 Å². The summed E-state index contributed by atoms with van der Waals surface area (Å²) in [6.07, 6.45) is 5.93. The number of aryl methyl sites for hydroxylation is 2. The Morgan fingerprint density at radius 1 is 0.773 bits per heavy atom. The van der Waals surface area contributed by atoms with Crippen LogP contribution in [-0.2, 0) is 12.8 Å². The van der Waals surface area contributed by atoms with Crippen LogP contribution in [-0.4, -0.2) is 4.70 Å². The van der Waals surface area contributed by atoms with Crippen molar-refractivity contribution in [2.75, 3.05) is 0 Å². The molecule has 0 aliphatic carbocycles. The molecule has 0 unspecified atom stereocenters. The Morgan fingerprint density at radius 3 is 1.64 bits per heavy atom. The molecule has 2 aromatic carbocycles. The molecule has 2 nitrogen and oxygen atoms in total. The van der Waals surface area contributed by atoms with Crippen molar-refractivity contribution in [3.05, 3.63) is 88.5 Å². The molecule has 0 atom stereocenters. The van der Waals surface area contributed by atoms with E-state index in [0.29, 0.717) is 0 Å². The van der Waals surface area contributed by atoms with Crippen molar-refractivity contribution in [2.45, 2.75) is 26.7 Å². The Labute approximate surface area is 131 Å². The second kappa shape index (κ2) is 6.10. The molecule has 0 spiro atoms. The van der Waals surface area contributed by atoms with Crippen LogP contribution < -0.4 is 0 Å². The standard InChI is InChI=1S/C20H20N2/c1-3-15-7-5-9-17(13-15)19-11-12-20(22(19)21)18-10-6-8-16(4-2)14-18/h5-14H,3-4H2,1-2H3. The predicted octanol–water partition coefficient (Wildman–Crippen LogP) is 5.24. The number of hydrogen-bond donors (Lipinski definition) is 0. The minimum Gasteiger partial charge on any atom is -0.493 e. The summed E-state index contributed by atoms with van der Waals surface area (Å²) < 4.78 is 1.30. The highest BCUT2D eigenvalue weighted by molar-refractivity contribution is 5.75. The van der Waals surface area contributed by atoms with Crippen molar-refractivity contribution in [2.24, 2.45) is 0 Å². The molecular formula is C20H20N2. The highest BCUT2D eigenvalue weighted by Gasteiger charge is 2.22. The first-order valence-electron chi connectivity index (χ1n) is 7.82. The van der Waals surface area contributed by atoms with Crippen LogP contribution in [0.1, 0.15) is 36.1 Å². The monoisotopic (exact) mass is 288 g/mol. The SMILES string of the molecule is CCc1cccc(C2=CC=C(c3cccc(CC)c3)[N+]2=[N-])c1. The number of benzene rings is 2. The van der Waals surface area contributed by atoms with E-state index in [9.17, 15) is 5.53 Å². The summed E-state index contributed by atoms with van der Waals surface area (Å²) in [7, 11) is 0. The van der Waals surface area contributed by atoms with Crippen LogP contribution in [0.3, 0.4) is 0 Å². The average molecular weight is 288 g/mol. The van der Waals surface area contributed by atoms with Gasteiger partial charge in [0.15, 0.2) is 0 Å². The first-order valence-corrected chi connectivity index (χ1v) is 7.82. The molecule has 0 fully saturated rings. The lowest BCUT2D eigenvalue weighted by Crippen LogP contribution is -2.02. The quantitative estimate of drug-likeness (QED) is 0.687. The molecule has 0 saturated carbocycles. The summed E-state index contributed by atoms with van der Waals surface area (Å²) in [5.74, 6) is 0. The van der Waals surface area contributed by atoms with Gasteiger partial charge in [-0.3, -0.25) is 0 Å². The molecule has 0 saturated heterocycles. The average Bonchev–Trinajstić information content (AvgIpc) is 2.96. The number of allylic oxidation sites excluding steroid dienone is 2. The Kier molecular flexibility index (Phi) is 4.01. The first kappa shape index (κ1) is 14.5. The Hall–Kier alpha value is -2.48. The van der Waals surface area contributed by atoms with Gasteiger partial charge in [0.25, 0.3) is 0 Å². The normalized spacial score (nSPS) is 14.0. The fourth-order valence-electron chi connectivity index (χ4n) is 2.77. The van der Waals surface area contributed by atoms with Gasteiger partial charge in [-0.1, -0.05) is 38.1 Å². The molecule has 0 amide bonds. The molecule has 2 heteroatoms. The largest absolute Gasteiger partial charge is 0.493 e. The van der Waals surface area contributed by atoms with E-state index in [1.54, 1.807) is 0 Å². The second-order valence-corrected chi connectivity index (χ2v) is 5.52. The van der Waals surface area contributed by atoms with Crippen molar-refractivity contribution in [3.63, 3.8) is 0 Å². The molecule has 1 aliphatic rings. The van der Waals surface area contributed by atoms with E-state index in [1.807, 2.05) is 36.4 Å². The van der Waals surface area contributed by atoms with Gasteiger partial charge in [0, 0.05) is 23.3 Å². The lowest BCUT2D eigenvalue weighted by molar-refractivity contribution is -0.344. The fraction of sp³-hybridized carbons (Fsp3) is 0.200. The molecule has 110 valence electrons. The molecular weight excluding hydrogens is 268 g/mol. The van der Waals surface area contributed by atoms with Gasteiger partial charge < -0.3 is 5.53 Å². The van der Waals surface area contributed by atoms with E-state index in [4.69, 9.17) is 0 Å². The zero-order chi connectivity index (χ0) is 15.5. The van der Waals surface area contributed by atoms with Crippen LogP contribution in [0, 0.1) is 0 Å². The predicted molar refractivity (Wildman–Crippen MR) is 91.2 cm³/mol. The Bertz CT molecular complexity index is 716. The molecule has 0 bridgehead atoms. The van der Waals surface area contributed by atoms with Crippen molar-refractivity contribution in [1.29, 1.82) is 0 Å². The van der Waals surface area contributed by atoms with E-state index in [2.05, 4.69) is 38.1 Å². The fourth-order valence-corrected chi connectivity index (χ4v) is 2.77. The molecule has 0 radical (unpaired) electrons. The summed E-state index contributed by atoms with van der Waals surface area (Å²) in [6, 6.07) is 16.6.